The Hall–Kier alpha value is -0.620. The van der Waals surface area contributed by atoms with E-state index in [1.165, 1.54) is 10.7 Å². The Labute approximate surface area is 127 Å². The van der Waals surface area contributed by atoms with Crippen LogP contribution in [0.4, 0.5) is 0 Å². The van der Waals surface area contributed by atoms with Crippen molar-refractivity contribution in [1.82, 2.24) is 4.31 Å². The van der Waals surface area contributed by atoms with Crippen LogP contribution in [0.2, 0.25) is 0 Å². The summed E-state index contributed by atoms with van der Waals surface area (Å²) in [4.78, 5) is 11.2. The smallest absolute Gasteiger partial charge is 0.307 e. The molecule has 0 amide bonds. The maximum atomic E-state index is 12.7. The topological polar surface area (TPSA) is 74.7 Å². The second kappa shape index (κ2) is 6.24. The number of hydrogen-bond donors (Lipinski definition) is 1. The maximum absolute atomic E-state index is 12.7. The number of piperidine rings is 1. The summed E-state index contributed by atoms with van der Waals surface area (Å²) in [6.07, 6.45) is 5.87. The number of rotatable bonds is 4. The number of hydrogen-bond acceptors (Lipinski definition) is 3. The minimum absolute atomic E-state index is 0.105. The van der Waals surface area contributed by atoms with Crippen LogP contribution in [0.25, 0.3) is 0 Å². The van der Waals surface area contributed by atoms with Gasteiger partial charge in [-0.25, -0.2) is 12.7 Å². The number of nitrogens with zero attached hydrogens (tertiary/aromatic N) is 1. The van der Waals surface area contributed by atoms with Gasteiger partial charge in [-0.05, 0) is 30.6 Å². The fraction of sp³-hybridized carbons (Fsp3) is 0.933. The summed E-state index contributed by atoms with van der Waals surface area (Å²) >= 11 is 0. The zero-order valence-electron chi connectivity index (χ0n) is 13.0. The second-order valence-electron chi connectivity index (χ2n) is 7.32. The summed E-state index contributed by atoms with van der Waals surface area (Å²) in [5.74, 6) is -1.18. The highest BCUT2D eigenvalue weighted by Gasteiger charge is 2.39. The Balaban J connectivity index is 2.09. The van der Waals surface area contributed by atoms with Crippen LogP contribution in [0, 0.1) is 17.3 Å². The van der Waals surface area contributed by atoms with E-state index in [-0.39, 0.29) is 23.6 Å². The standard InChI is InChI=1S/C15H27NO4S/c1-12-8-13(14(17)18)10-16(9-12)21(19,20)11-15(2)6-4-3-5-7-15/h12-13H,3-11H2,1-2H3,(H,17,18). The molecule has 1 saturated carbocycles. The van der Waals surface area contributed by atoms with Gasteiger partial charge in [-0.1, -0.05) is 33.1 Å². The van der Waals surface area contributed by atoms with Crippen molar-refractivity contribution >= 4 is 16.0 Å². The van der Waals surface area contributed by atoms with Crippen molar-refractivity contribution in [3.63, 3.8) is 0 Å². The van der Waals surface area contributed by atoms with E-state index in [9.17, 15) is 18.3 Å². The molecule has 2 fully saturated rings. The zero-order valence-corrected chi connectivity index (χ0v) is 13.9. The third kappa shape index (κ3) is 4.19. The van der Waals surface area contributed by atoms with Crippen LogP contribution in [-0.4, -0.2) is 42.6 Å². The van der Waals surface area contributed by atoms with Crippen LogP contribution in [0.3, 0.4) is 0 Å². The van der Waals surface area contributed by atoms with Gasteiger partial charge in [-0.3, -0.25) is 4.79 Å². The van der Waals surface area contributed by atoms with E-state index >= 15 is 0 Å². The van der Waals surface area contributed by atoms with Crippen molar-refractivity contribution in [2.24, 2.45) is 17.3 Å². The average molecular weight is 317 g/mol. The molecule has 1 aliphatic carbocycles. The summed E-state index contributed by atoms with van der Waals surface area (Å²) < 4.78 is 26.8. The molecule has 5 nitrogen and oxygen atoms in total. The Morgan fingerprint density at radius 3 is 2.43 bits per heavy atom. The van der Waals surface area contributed by atoms with E-state index in [2.05, 4.69) is 6.92 Å². The van der Waals surface area contributed by atoms with Gasteiger partial charge >= 0.3 is 5.97 Å². The molecule has 1 saturated heterocycles. The summed E-state index contributed by atoms with van der Waals surface area (Å²) in [6.45, 7) is 4.59. The first-order valence-electron chi connectivity index (χ1n) is 7.92. The van der Waals surface area contributed by atoms with Crippen molar-refractivity contribution < 1.29 is 18.3 Å². The van der Waals surface area contributed by atoms with Gasteiger partial charge in [0.05, 0.1) is 11.7 Å². The maximum Gasteiger partial charge on any atom is 0.307 e. The first-order valence-corrected chi connectivity index (χ1v) is 9.53. The number of aliphatic carboxylic acids is 1. The predicted molar refractivity (Wildman–Crippen MR) is 81.5 cm³/mol. The van der Waals surface area contributed by atoms with E-state index in [1.54, 1.807) is 0 Å². The Morgan fingerprint density at radius 1 is 1.24 bits per heavy atom. The fourth-order valence-electron chi connectivity index (χ4n) is 3.79. The molecular formula is C15H27NO4S. The Morgan fingerprint density at radius 2 is 1.86 bits per heavy atom. The minimum Gasteiger partial charge on any atom is -0.481 e. The monoisotopic (exact) mass is 317 g/mol. The lowest BCUT2D eigenvalue weighted by atomic mass is 9.77. The molecule has 1 N–H and O–H groups in total. The molecular weight excluding hydrogens is 290 g/mol. The third-order valence-electron chi connectivity index (χ3n) is 4.96. The normalized spacial score (nSPS) is 31.0. The molecule has 0 radical (unpaired) electrons. The van der Waals surface area contributed by atoms with Gasteiger partial charge in [0.2, 0.25) is 10.0 Å². The summed E-state index contributed by atoms with van der Waals surface area (Å²) in [7, 11) is -3.37. The van der Waals surface area contributed by atoms with Gasteiger partial charge in [0, 0.05) is 13.1 Å². The van der Waals surface area contributed by atoms with E-state index < -0.39 is 21.9 Å². The van der Waals surface area contributed by atoms with Gasteiger partial charge in [-0.2, -0.15) is 0 Å². The zero-order chi connectivity index (χ0) is 15.7. The fourth-order valence-corrected chi connectivity index (χ4v) is 6.03. The van der Waals surface area contributed by atoms with E-state index in [0.717, 1.165) is 25.7 Å². The SMILES string of the molecule is CC1CC(C(=O)O)CN(S(=O)(=O)CC2(C)CCCCC2)C1. The molecule has 1 heterocycles. The van der Waals surface area contributed by atoms with E-state index in [0.29, 0.717) is 13.0 Å². The first kappa shape index (κ1) is 16.7. The third-order valence-corrected chi connectivity index (χ3v) is 7.11. The molecule has 0 aromatic carbocycles. The summed E-state index contributed by atoms with van der Waals surface area (Å²) in [5, 5.41) is 9.19. The summed E-state index contributed by atoms with van der Waals surface area (Å²) in [6, 6.07) is 0. The molecule has 0 aromatic heterocycles. The van der Waals surface area contributed by atoms with Crippen molar-refractivity contribution in [2.75, 3.05) is 18.8 Å². The highest BCUT2D eigenvalue weighted by atomic mass is 32.2. The van der Waals surface area contributed by atoms with E-state index in [4.69, 9.17) is 0 Å². The largest absolute Gasteiger partial charge is 0.481 e. The number of sulfonamides is 1. The molecule has 0 spiro atoms. The Bertz CT molecular complexity index is 482. The molecule has 2 rings (SSSR count). The lowest BCUT2D eigenvalue weighted by molar-refractivity contribution is -0.143. The summed E-state index contributed by atoms with van der Waals surface area (Å²) in [5.41, 5.74) is -0.142. The van der Waals surface area contributed by atoms with Gasteiger partial charge in [0.1, 0.15) is 0 Å². The van der Waals surface area contributed by atoms with Crippen molar-refractivity contribution in [2.45, 2.75) is 52.4 Å². The minimum atomic E-state index is -3.37. The molecule has 0 bridgehead atoms. The molecule has 21 heavy (non-hydrogen) atoms. The van der Waals surface area contributed by atoms with Crippen molar-refractivity contribution in [3.8, 4) is 0 Å². The van der Waals surface area contributed by atoms with Crippen LogP contribution < -0.4 is 0 Å². The second-order valence-corrected chi connectivity index (χ2v) is 9.29. The molecule has 6 heteroatoms. The van der Waals surface area contributed by atoms with Gasteiger partial charge in [0.25, 0.3) is 0 Å². The van der Waals surface area contributed by atoms with Crippen LogP contribution >= 0.6 is 0 Å². The molecule has 122 valence electrons. The number of carbonyl (C=O) groups is 1. The molecule has 2 aliphatic rings. The Kier molecular flexibility index (Phi) is 4.98. The van der Waals surface area contributed by atoms with E-state index in [1.807, 2.05) is 6.92 Å². The highest BCUT2D eigenvalue weighted by molar-refractivity contribution is 7.89. The first-order chi connectivity index (χ1) is 9.72. The van der Waals surface area contributed by atoms with Crippen molar-refractivity contribution in [1.29, 1.82) is 0 Å². The molecule has 2 atom stereocenters. The van der Waals surface area contributed by atoms with Crippen LogP contribution in [0.5, 0.6) is 0 Å². The highest BCUT2D eigenvalue weighted by Crippen LogP contribution is 2.38. The molecule has 1 aliphatic heterocycles. The lowest BCUT2D eigenvalue weighted by Crippen LogP contribution is -2.48. The average Bonchev–Trinajstić information content (AvgIpc) is 2.37. The van der Waals surface area contributed by atoms with Gasteiger partial charge < -0.3 is 5.11 Å². The predicted octanol–water partition coefficient (Wildman–Crippen LogP) is 2.33. The van der Waals surface area contributed by atoms with Crippen LogP contribution in [-0.2, 0) is 14.8 Å². The van der Waals surface area contributed by atoms with Crippen molar-refractivity contribution in [3.05, 3.63) is 0 Å². The van der Waals surface area contributed by atoms with Gasteiger partial charge in [-0.15, -0.1) is 0 Å². The van der Waals surface area contributed by atoms with Gasteiger partial charge in [0.15, 0.2) is 0 Å². The lowest BCUT2D eigenvalue weighted by Gasteiger charge is -2.38. The number of carboxylic acids is 1. The van der Waals surface area contributed by atoms with Crippen LogP contribution in [0.15, 0.2) is 0 Å². The number of carboxylic acid groups (broad SMARTS) is 1. The molecule has 0 aromatic rings. The molecule has 2 unspecified atom stereocenters. The van der Waals surface area contributed by atoms with Crippen LogP contribution in [0.1, 0.15) is 52.4 Å². The quantitative estimate of drug-likeness (QED) is 0.863.